The van der Waals surface area contributed by atoms with Crippen molar-refractivity contribution < 1.29 is 4.79 Å². The molecule has 0 radical (unpaired) electrons. The van der Waals surface area contributed by atoms with Crippen LogP contribution in [-0.4, -0.2) is 38.8 Å². The SMILES string of the molecule is CCN(CC)C(=O)c1ccnc(NCc2ccccn2)n1. The quantitative estimate of drug-likeness (QED) is 0.878. The third-order valence-corrected chi connectivity index (χ3v) is 3.08. The van der Waals surface area contributed by atoms with E-state index in [4.69, 9.17) is 0 Å². The first-order valence-corrected chi connectivity index (χ1v) is 7.00. The summed E-state index contributed by atoms with van der Waals surface area (Å²) in [5.41, 5.74) is 1.29. The van der Waals surface area contributed by atoms with Gasteiger partial charge in [0.2, 0.25) is 5.95 Å². The number of carbonyl (C=O) groups is 1. The minimum atomic E-state index is -0.0803. The predicted octanol–water partition coefficient (Wildman–Crippen LogP) is 1.97. The minimum Gasteiger partial charge on any atom is -0.349 e. The Morgan fingerprint density at radius 1 is 1.14 bits per heavy atom. The summed E-state index contributed by atoms with van der Waals surface area (Å²) in [7, 11) is 0. The van der Waals surface area contributed by atoms with Gasteiger partial charge in [-0.3, -0.25) is 9.78 Å². The molecule has 2 aromatic heterocycles. The van der Waals surface area contributed by atoms with Gasteiger partial charge < -0.3 is 10.2 Å². The van der Waals surface area contributed by atoms with E-state index in [0.717, 1.165) is 5.69 Å². The second-order valence-corrected chi connectivity index (χ2v) is 4.42. The average Bonchev–Trinajstić information content (AvgIpc) is 2.55. The zero-order valence-corrected chi connectivity index (χ0v) is 12.3. The van der Waals surface area contributed by atoms with Crippen LogP contribution < -0.4 is 5.32 Å². The van der Waals surface area contributed by atoms with Gasteiger partial charge in [0.15, 0.2) is 0 Å². The van der Waals surface area contributed by atoms with Crippen LogP contribution in [0, 0.1) is 0 Å². The maximum atomic E-state index is 12.2. The number of anilines is 1. The van der Waals surface area contributed by atoms with E-state index < -0.39 is 0 Å². The largest absolute Gasteiger partial charge is 0.349 e. The zero-order valence-electron chi connectivity index (χ0n) is 12.3. The van der Waals surface area contributed by atoms with E-state index in [9.17, 15) is 4.79 Å². The van der Waals surface area contributed by atoms with Crippen molar-refractivity contribution in [2.75, 3.05) is 18.4 Å². The van der Waals surface area contributed by atoms with Crippen molar-refractivity contribution in [1.29, 1.82) is 0 Å². The fourth-order valence-electron chi connectivity index (χ4n) is 1.91. The number of aromatic nitrogens is 3. The van der Waals surface area contributed by atoms with Crippen molar-refractivity contribution in [2.45, 2.75) is 20.4 Å². The van der Waals surface area contributed by atoms with Crippen molar-refractivity contribution in [1.82, 2.24) is 19.9 Å². The van der Waals surface area contributed by atoms with Crippen molar-refractivity contribution in [3.63, 3.8) is 0 Å². The second kappa shape index (κ2) is 7.33. The van der Waals surface area contributed by atoms with Crippen LogP contribution in [-0.2, 0) is 6.54 Å². The Kier molecular flexibility index (Phi) is 5.20. The van der Waals surface area contributed by atoms with Gasteiger partial charge in [-0.25, -0.2) is 9.97 Å². The van der Waals surface area contributed by atoms with Gasteiger partial charge in [-0.2, -0.15) is 0 Å². The maximum Gasteiger partial charge on any atom is 0.272 e. The minimum absolute atomic E-state index is 0.0803. The molecule has 110 valence electrons. The van der Waals surface area contributed by atoms with E-state index in [2.05, 4.69) is 20.3 Å². The lowest BCUT2D eigenvalue weighted by Gasteiger charge is -2.18. The van der Waals surface area contributed by atoms with Crippen molar-refractivity contribution in [3.8, 4) is 0 Å². The Bertz CT molecular complexity index is 584. The van der Waals surface area contributed by atoms with E-state index in [1.54, 1.807) is 23.4 Å². The van der Waals surface area contributed by atoms with Gasteiger partial charge in [-0.05, 0) is 32.0 Å². The van der Waals surface area contributed by atoms with Crippen LogP contribution >= 0.6 is 0 Å². The number of pyridine rings is 1. The molecule has 0 atom stereocenters. The molecule has 0 aliphatic heterocycles. The molecule has 0 fully saturated rings. The first-order chi connectivity index (χ1) is 10.2. The Balaban J connectivity index is 2.05. The summed E-state index contributed by atoms with van der Waals surface area (Å²) in [6.07, 6.45) is 3.32. The van der Waals surface area contributed by atoms with E-state index in [0.29, 0.717) is 31.3 Å². The molecule has 0 bridgehead atoms. The van der Waals surface area contributed by atoms with Crippen LogP contribution in [0.3, 0.4) is 0 Å². The van der Waals surface area contributed by atoms with Crippen LogP contribution in [0.5, 0.6) is 0 Å². The fraction of sp³-hybridized carbons (Fsp3) is 0.333. The molecule has 0 aliphatic rings. The van der Waals surface area contributed by atoms with Crippen molar-refractivity contribution >= 4 is 11.9 Å². The van der Waals surface area contributed by atoms with Crippen LogP contribution in [0.2, 0.25) is 0 Å². The first kappa shape index (κ1) is 14.9. The first-order valence-electron chi connectivity index (χ1n) is 7.00. The summed E-state index contributed by atoms with van der Waals surface area (Å²) in [5, 5.41) is 3.08. The van der Waals surface area contributed by atoms with E-state index in [1.807, 2.05) is 32.0 Å². The van der Waals surface area contributed by atoms with E-state index in [-0.39, 0.29) is 5.91 Å². The molecule has 1 N–H and O–H groups in total. The highest BCUT2D eigenvalue weighted by Crippen LogP contribution is 2.06. The molecule has 0 saturated carbocycles. The third kappa shape index (κ3) is 3.98. The molecule has 2 aromatic rings. The molecular formula is C15H19N5O. The molecule has 0 spiro atoms. The molecule has 0 saturated heterocycles. The number of hydrogen-bond donors (Lipinski definition) is 1. The number of amides is 1. The molecule has 2 rings (SSSR count). The Morgan fingerprint density at radius 2 is 1.95 bits per heavy atom. The van der Waals surface area contributed by atoms with Crippen molar-refractivity contribution in [3.05, 3.63) is 48.0 Å². The molecule has 0 aromatic carbocycles. The topological polar surface area (TPSA) is 71.0 Å². The van der Waals surface area contributed by atoms with Gasteiger partial charge >= 0.3 is 0 Å². The summed E-state index contributed by atoms with van der Waals surface area (Å²) in [4.78, 5) is 26.6. The molecule has 21 heavy (non-hydrogen) atoms. The molecule has 0 aliphatic carbocycles. The van der Waals surface area contributed by atoms with Crippen molar-refractivity contribution in [2.24, 2.45) is 0 Å². The third-order valence-electron chi connectivity index (χ3n) is 3.08. The normalized spacial score (nSPS) is 10.2. The molecule has 0 unspecified atom stereocenters. The Labute approximate surface area is 124 Å². The zero-order chi connectivity index (χ0) is 15.1. The lowest BCUT2D eigenvalue weighted by molar-refractivity contribution is 0.0767. The molecular weight excluding hydrogens is 266 g/mol. The standard InChI is InChI=1S/C15H19N5O/c1-3-20(4-2)14(21)13-8-10-17-15(19-13)18-11-12-7-5-6-9-16-12/h5-10H,3-4,11H2,1-2H3,(H,17,18,19). The van der Waals surface area contributed by atoms with Gasteiger partial charge in [-0.15, -0.1) is 0 Å². The lowest BCUT2D eigenvalue weighted by atomic mass is 10.3. The number of carbonyl (C=O) groups excluding carboxylic acids is 1. The molecule has 6 heteroatoms. The van der Waals surface area contributed by atoms with Gasteiger partial charge in [0, 0.05) is 25.5 Å². The molecule has 2 heterocycles. The highest BCUT2D eigenvalue weighted by molar-refractivity contribution is 5.92. The molecule has 1 amide bonds. The molecule has 6 nitrogen and oxygen atoms in total. The van der Waals surface area contributed by atoms with Gasteiger partial charge in [0.1, 0.15) is 5.69 Å². The average molecular weight is 285 g/mol. The number of nitrogens with zero attached hydrogens (tertiary/aromatic N) is 4. The van der Waals surface area contributed by atoms with E-state index in [1.165, 1.54) is 0 Å². The lowest BCUT2D eigenvalue weighted by Crippen LogP contribution is -2.31. The monoisotopic (exact) mass is 285 g/mol. The highest BCUT2D eigenvalue weighted by Gasteiger charge is 2.14. The Morgan fingerprint density at radius 3 is 2.62 bits per heavy atom. The fourth-order valence-corrected chi connectivity index (χ4v) is 1.91. The second-order valence-electron chi connectivity index (χ2n) is 4.42. The summed E-state index contributed by atoms with van der Waals surface area (Å²) in [6.45, 7) is 5.74. The van der Waals surface area contributed by atoms with Crippen LogP contribution in [0.1, 0.15) is 30.0 Å². The highest BCUT2D eigenvalue weighted by atomic mass is 16.2. The van der Waals surface area contributed by atoms with Gasteiger partial charge in [0.25, 0.3) is 5.91 Å². The summed E-state index contributed by atoms with van der Waals surface area (Å²) in [6, 6.07) is 7.33. The smallest absolute Gasteiger partial charge is 0.272 e. The Hall–Kier alpha value is -2.50. The van der Waals surface area contributed by atoms with Gasteiger partial charge in [0.05, 0.1) is 12.2 Å². The summed E-state index contributed by atoms with van der Waals surface area (Å²) in [5.74, 6) is 0.349. The van der Waals surface area contributed by atoms with Crippen LogP contribution in [0.15, 0.2) is 36.7 Å². The number of rotatable bonds is 6. The number of nitrogens with one attached hydrogen (secondary N) is 1. The van der Waals surface area contributed by atoms with Crippen LogP contribution in [0.25, 0.3) is 0 Å². The van der Waals surface area contributed by atoms with Gasteiger partial charge in [-0.1, -0.05) is 6.07 Å². The predicted molar refractivity (Wildman–Crippen MR) is 80.8 cm³/mol. The van der Waals surface area contributed by atoms with E-state index >= 15 is 0 Å². The summed E-state index contributed by atoms with van der Waals surface area (Å²) >= 11 is 0. The van der Waals surface area contributed by atoms with Crippen LogP contribution in [0.4, 0.5) is 5.95 Å². The number of hydrogen-bond acceptors (Lipinski definition) is 5. The summed E-state index contributed by atoms with van der Waals surface area (Å²) < 4.78 is 0. The maximum absolute atomic E-state index is 12.2.